The monoisotopic (exact) mass is 365 g/mol. The van der Waals surface area contributed by atoms with Crippen LogP contribution in [-0.2, 0) is 6.42 Å². The van der Waals surface area contributed by atoms with E-state index >= 15 is 0 Å². The van der Waals surface area contributed by atoms with Gasteiger partial charge in [-0.2, -0.15) is 0 Å². The van der Waals surface area contributed by atoms with Gasteiger partial charge >= 0.3 is 0 Å². The number of halogens is 2. The van der Waals surface area contributed by atoms with E-state index < -0.39 is 0 Å². The lowest BCUT2D eigenvalue weighted by Crippen LogP contribution is -2.20. The first-order chi connectivity index (χ1) is 10.2. The molecule has 0 fully saturated rings. The van der Waals surface area contributed by atoms with E-state index in [0.717, 1.165) is 40.3 Å². The molecule has 1 unspecified atom stereocenters. The zero-order valence-corrected chi connectivity index (χ0v) is 14.2. The van der Waals surface area contributed by atoms with Gasteiger partial charge in [0.1, 0.15) is 5.75 Å². The van der Waals surface area contributed by atoms with Gasteiger partial charge in [0.15, 0.2) is 0 Å². The van der Waals surface area contributed by atoms with Crippen LogP contribution in [0.25, 0.3) is 0 Å². The Hall–Kier alpha value is -1.03. The first kappa shape index (κ1) is 14.9. The summed E-state index contributed by atoms with van der Waals surface area (Å²) in [6.45, 7) is 0.793. The van der Waals surface area contributed by atoms with E-state index in [-0.39, 0.29) is 6.04 Å². The molecule has 1 atom stereocenters. The lowest BCUT2D eigenvalue weighted by molar-refractivity contribution is 0.283. The Balaban J connectivity index is 2.06. The van der Waals surface area contributed by atoms with Gasteiger partial charge in [0.25, 0.3) is 0 Å². The number of hydrogen-bond donors (Lipinski definition) is 1. The summed E-state index contributed by atoms with van der Waals surface area (Å²) in [5.74, 6) is 1.03. The van der Waals surface area contributed by atoms with Crippen molar-refractivity contribution >= 4 is 27.5 Å². The number of nitrogens with one attached hydrogen (secondary N) is 1. The zero-order chi connectivity index (χ0) is 14.8. The van der Waals surface area contributed by atoms with Crippen molar-refractivity contribution in [3.8, 4) is 5.75 Å². The molecule has 2 nitrogen and oxygen atoms in total. The van der Waals surface area contributed by atoms with Crippen LogP contribution in [0.4, 0.5) is 0 Å². The molecule has 1 aliphatic heterocycles. The maximum absolute atomic E-state index is 6.24. The van der Waals surface area contributed by atoms with Crippen molar-refractivity contribution in [1.82, 2.24) is 5.32 Å². The fraction of sp³-hybridized carbons (Fsp3) is 0.294. The quantitative estimate of drug-likeness (QED) is 0.847. The number of benzene rings is 2. The molecule has 2 aromatic rings. The average Bonchev–Trinajstić information content (AvgIpc) is 2.52. The van der Waals surface area contributed by atoms with Gasteiger partial charge in [0.2, 0.25) is 0 Å². The van der Waals surface area contributed by atoms with Gasteiger partial charge in [-0.05, 0) is 59.1 Å². The Morgan fingerprint density at radius 1 is 1.29 bits per heavy atom. The zero-order valence-electron chi connectivity index (χ0n) is 11.8. The minimum absolute atomic E-state index is 0.0728. The Morgan fingerprint density at radius 3 is 2.90 bits per heavy atom. The molecule has 0 aliphatic carbocycles. The van der Waals surface area contributed by atoms with Gasteiger partial charge in [-0.1, -0.05) is 35.9 Å². The van der Waals surface area contributed by atoms with Gasteiger partial charge in [-0.15, -0.1) is 0 Å². The number of fused-ring (bicyclic) bond motifs is 1. The predicted octanol–water partition coefficient (Wildman–Crippen LogP) is 4.74. The molecule has 0 bridgehead atoms. The molecule has 3 rings (SSSR count). The number of para-hydroxylation sites is 1. The van der Waals surface area contributed by atoms with Gasteiger partial charge in [0, 0.05) is 10.0 Å². The van der Waals surface area contributed by atoms with Crippen LogP contribution in [0.1, 0.15) is 29.2 Å². The molecule has 0 radical (unpaired) electrons. The molecule has 0 saturated heterocycles. The molecular formula is C17H17BrClNO. The van der Waals surface area contributed by atoms with E-state index in [1.54, 1.807) is 0 Å². The highest BCUT2D eigenvalue weighted by Crippen LogP contribution is 2.37. The molecule has 1 aliphatic rings. The predicted molar refractivity (Wildman–Crippen MR) is 90.3 cm³/mol. The third kappa shape index (κ3) is 2.96. The summed E-state index contributed by atoms with van der Waals surface area (Å²) in [5.41, 5.74) is 3.60. The van der Waals surface area contributed by atoms with E-state index in [0.29, 0.717) is 0 Å². The van der Waals surface area contributed by atoms with Crippen molar-refractivity contribution in [1.29, 1.82) is 0 Å². The third-order valence-electron chi connectivity index (χ3n) is 3.84. The second kappa shape index (κ2) is 6.39. The second-order valence-electron chi connectivity index (χ2n) is 5.18. The van der Waals surface area contributed by atoms with Crippen molar-refractivity contribution < 1.29 is 4.74 Å². The number of hydrogen-bond acceptors (Lipinski definition) is 2. The van der Waals surface area contributed by atoms with Crippen molar-refractivity contribution in [3.05, 3.63) is 62.6 Å². The van der Waals surface area contributed by atoms with Crippen LogP contribution in [0, 0.1) is 0 Å². The van der Waals surface area contributed by atoms with Crippen molar-refractivity contribution in [2.45, 2.75) is 18.9 Å². The molecule has 0 amide bonds. The molecule has 2 aromatic carbocycles. The van der Waals surface area contributed by atoms with Crippen LogP contribution in [0.5, 0.6) is 5.75 Å². The topological polar surface area (TPSA) is 21.3 Å². The minimum atomic E-state index is 0.0728. The van der Waals surface area contributed by atoms with E-state index in [2.05, 4.69) is 45.5 Å². The fourth-order valence-electron chi connectivity index (χ4n) is 2.84. The molecule has 0 spiro atoms. The van der Waals surface area contributed by atoms with E-state index in [1.807, 2.05) is 19.2 Å². The summed E-state index contributed by atoms with van der Waals surface area (Å²) in [5, 5.41) is 4.10. The molecule has 4 heteroatoms. The van der Waals surface area contributed by atoms with Gasteiger partial charge < -0.3 is 10.1 Å². The van der Waals surface area contributed by atoms with E-state index in [1.165, 1.54) is 11.1 Å². The summed E-state index contributed by atoms with van der Waals surface area (Å²) >= 11 is 9.68. The van der Waals surface area contributed by atoms with Crippen LogP contribution in [0.15, 0.2) is 40.9 Å². The summed E-state index contributed by atoms with van der Waals surface area (Å²) in [6.07, 6.45) is 2.17. The highest BCUT2D eigenvalue weighted by molar-refractivity contribution is 9.10. The van der Waals surface area contributed by atoms with Crippen LogP contribution < -0.4 is 10.1 Å². The van der Waals surface area contributed by atoms with Crippen molar-refractivity contribution in [2.75, 3.05) is 13.7 Å². The Labute approximate surface area is 138 Å². The number of rotatable bonds is 3. The van der Waals surface area contributed by atoms with Crippen LogP contribution >= 0.6 is 27.5 Å². The number of ether oxygens (including phenoxy) is 1. The van der Waals surface area contributed by atoms with Gasteiger partial charge in [0.05, 0.1) is 17.7 Å². The maximum Gasteiger partial charge on any atom is 0.127 e. The standard InChI is InChI=1S/C17H17BrClNO/c1-20-16(12-7-8-14(18)15(19)10-12)13-6-2-4-11-5-3-9-21-17(11)13/h2,4,6-8,10,16,20H,3,5,9H2,1H3. The first-order valence-corrected chi connectivity index (χ1v) is 8.24. The normalized spacial score (nSPS) is 15.2. The molecule has 1 heterocycles. The molecule has 0 aromatic heterocycles. The van der Waals surface area contributed by atoms with Gasteiger partial charge in [-0.3, -0.25) is 0 Å². The Morgan fingerprint density at radius 2 is 2.14 bits per heavy atom. The average molecular weight is 367 g/mol. The Kier molecular flexibility index (Phi) is 4.53. The smallest absolute Gasteiger partial charge is 0.127 e. The highest BCUT2D eigenvalue weighted by Gasteiger charge is 2.21. The molecule has 1 N–H and O–H groups in total. The van der Waals surface area contributed by atoms with Crippen LogP contribution in [-0.4, -0.2) is 13.7 Å². The van der Waals surface area contributed by atoms with Crippen LogP contribution in [0.3, 0.4) is 0 Å². The molecule has 0 saturated carbocycles. The fourth-order valence-corrected chi connectivity index (χ4v) is 3.27. The SMILES string of the molecule is CNC(c1ccc(Br)c(Cl)c1)c1cccc2c1OCCC2. The summed E-state index contributed by atoms with van der Waals surface area (Å²) < 4.78 is 6.84. The third-order valence-corrected chi connectivity index (χ3v) is 5.07. The first-order valence-electron chi connectivity index (χ1n) is 7.07. The molecule has 21 heavy (non-hydrogen) atoms. The van der Waals surface area contributed by atoms with E-state index in [9.17, 15) is 0 Å². The summed E-state index contributed by atoms with van der Waals surface area (Å²) in [7, 11) is 1.96. The lowest BCUT2D eigenvalue weighted by Gasteiger charge is -2.25. The van der Waals surface area contributed by atoms with Crippen molar-refractivity contribution in [2.24, 2.45) is 0 Å². The van der Waals surface area contributed by atoms with Gasteiger partial charge in [-0.25, -0.2) is 0 Å². The second-order valence-corrected chi connectivity index (χ2v) is 6.44. The lowest BCUT2D eigenvalue weighted by atomic mass is 9.94. The Bertz CT molecular complexity index is 659. The van der Waals surface area contributed by atoms with E-state index in [4.69, 9.17) is 16.3 Å². The molecular weight excluding hydrogens is 350 g/mol. The maximum atomic E-state index is 6.24. The number of aryl methyl sites for hydroxylation is 1. The largest absolute Gasteiger partial charge is 0.493 e. The van der Waals surface area contributed by atoms with Crippen molar-refractivity contribution in [3.63, 3.8) is 0 Å². The van der Waals surface area contributed by atoms with Crippen LogP contribution in [0.2, 0.25) is 5.02 Å². The highest BCUT2D eigenvalue weighted by atomic mass is 79.9. The minimum Gasteiger partial charge on any atom is -0.493 e. The molecule has 110 valence electrons. The summed E-state index contributed by atoms with van der Waals surface area (Å²) in [4.78, 5) is 0. The summed E-state index contributed by atoms with van der Waals surface area (Å²) in [6, 6.07) is 12.5.